The lowest BCUT2D eigenvalue weighted by Gasteiger charge is -2.44. The molecule has 44 heavy (non-hydrogen) atoms. The summed E-state index contributed by atoms with van der Waals surface area (Å²) in [6, 6.07) is 22.0. The van der Waals surface area contributed by atoms with Gasteiger partial charge in [0.2, 0.25) is 0 Å². The summed E-state index contributed by atoms with van der Waals surface area (Å²) in [5, 5.41) is 10.4. The molecule has 0 radical (unpaired) electrons. The maximum Gasteiger partial charge on any atom is 0.320 e. The molecule has 0 bridgehead atoms. The van der Waals surface area contributed by atoms with Gasteiger partial charge in [0.25, 0.3) is 5.91 Å². The normalized spacial score (nSPS) is 19.3. The van der Waals surface area contributed by atoms with Gasteiger partial charge in [-0.05, 0) is 73.4 Å². The van der Waals surface area contributed by atoms with Gasteiger partial charge in [0.1, 0.15) is 11.6 Å². The van der Waals surface area contributed by atoms with Crippen LogP contribution in [0.4, 0.5) is 4.39 Å². The highest BCUT2D eigenvalue weighted by molar-refractivity contribution is 5.94. The van der Waals surface area contributed by atoms with Crippen LogP contribution >= 0.6 is 0 Å². The van der Waals surface area contributed by atoms with Gasteiger partial charge in [0, 0.05) is 64.0 Å². The lowest BCUT2D eigenvalue weighted by molar-refractivity contribution is -0.144. The minimum atomic E-state index is -0.234. The fourth-order valence-corrected chi connectivity index (χ4v) is 6.48. The Morgan fingerprint density at radius 3 is 2.41 bits per heavy atom. The Kier molecular flexibility index (Phi) is 10.6. The molecule has 234 valence electrons. The highest BCUT2D eigenvalue weighted by atomic mass is 19.1. The molecule has 2 unspecified atom stereocenters. The molecule has 0 aliphatic carbocycles. The summed E-state index contributed by atoms with van der Waals surface area (Å²) >= 11 is 0. The third-order valence-corrected chi connectivity index (χ3v) is 8.56. The second-order valence-electron chi connectivity index (χ2n) is 11.8. The monoisotopic (exact) mass is 602 g/mol. The van der Waals surface area contributed by atoms with Crippen molar-refractivity contribution >= 4 is 11.9 Å². The molecule has 0 spiro atoms. The number of benzene rings is 3. The number of phenols is 1. The molecule has 0 saturated carbocycles. The number of hydrogen-bond acceptors (Lipinski definition) is 7. The van der Waals surface area contributed by atoms with Crippen molar-refractivity contribution in [2.45, 2.75) is 38.9 Å². The van der Waals surface area contributed by atoms with Gasteiger partial charge in [-0.15, -0.1) is 0 Å². The number of rotatable bonds is 9. The first-order valence-electron chi connectivity index (χ1n) is 15.6. The Morgan fingerprint density at radius 1 is 0.909 bits per heavy atom. The molecule has 8 nitrogen and oxygen atoms in total. The van der Waals surface area contributed by atoms with E-state index < -0.39 is 0 Å². The maximum absolute atomic E-state index is 13.8. The van der Waals surface area contributed by atoms with E-state index in [0.29, 0.717) is 38.3 Å². The third kappa shape index (κ3) is 8.02. The summed E-state index contributed by atoms with van der Waals surface area (Å²) in [5.74, 6) is -0.273. The Labute approximate surface area is 259 Å². The molecule has 0 aromatic heterocycles. The number of piperazine rings is 1. The quantitative estimate of drug-likeness (QED) is 0.361. The first-order chi connectivity index (χ1) is 21.3. The summed E-state index contributed by atoms with van der Waals surface area (Å²) in [6.07, 6.45) is 0.786. The Bertz CT molecular complexity index is 1440. The van der Waals surface area contributed by atoms with Crippen molar-refractivity contribution in [1.82, 2.24) is 19.6 Å². The largest absolute Gasteiger partial charge is 0.508 e. The molecule has 2 atom stereocenters. The molecule has 1 amide bonds. The average molecular weight is 603 g/mol. The smallest absolute Gasteiger partial charge is 0.320 e. The fourth-order valence-electron chi connectivity index (χ4n) is 6.48. The summed E-state index contributed by atoms with van der Waals surface area (Å²) in [7, 11) is 0. The number of carbonyl (C=O) groups is 2. The first kappa shape index (κ1) is 31.6. The van der Waals surface area contributed by atoms with Crippen molar-refractivity contribution in [2.24, 2.45) is 0 Å². The standard InChI is InChI=1S/C35H43FN4O4/c1-3-44-33(42)25-37-14-7-15-39(18-16-37)35(43)30-11-5-9-28(21-30)34(29-10-6-13-32(41)22-29)40-19-17-38(23-26(40)2)24-27-8-4-12-31(36)20-27/h4-6,8-13,20-22,26,34,41H,3,7,14-19,23-25H2,1-2H3. The van der Waals surface area contributed by atoms with E-state index in [1.165, 1.54) is 6.07 Å². The van der Waals surface area contributed by atoms with Crippen LogP contribution in [0.1, 0.15) is 53.4 Å². The zero-order valence-corrected chi connectivity index (χ0v) is 25.7. The second-order valence-corrected chi connectivity index (χ2v) is 11.8. The van der Waals surface area contributed by atoms with Crippen molar-refractivity contribution in [3.8, 4) is 5.75 Å². The molecule has 1 N–H and O–H groups in total. The van der Waals surface area contributed by atoms with E-state index in [2.05, 4.69) is 27.7 Å². The predicted octanol–water partition coefficient (Wildman–Crippen LogP) is 4.54. The van der Waals surface area contributed by atoms with Crippen LogP contribution in [0.15, 0.2) is 72.8 Å². The molecule has 2 saturated heterocycles. The minimum Gasteiger partial charge on any atom is -0.508 e. The van der Waals surface area contributed by atoms with Crippen LogP contribution in [0.2, 0.25) is 0 Å². The predicted molar refractivity (Wildman–Crippen MR) is 168 cm³/mol. The van der Waals surface area contributed by atoms with Crippen molar-refractivity contribution in [2.75, 3.05) is 59.0 Å². The average Bonchev–Trinajstić information content (AvgIpc) is 3.24. The van der Waals surface area contributed by atoms with Crippen molar-refractivity contribution < 1.29 is 23.8 Å². The number of aromatic hydroxyl groups is 1. The van der Waals surface area contributed by atoms with Gasteiger partial charge in [0.15, 0.2) is 0 Å². The molecular weight excluding hydrogens is 559 g/mol. The Balaban J connectivity index is 1.33. The SMILES string of the molecule is CCOC(=O)CN1CCCN(C(=O)c2cccc(C(c3cccc(O)c3)N3CCN(Cc4cccc(F)c4)CC3C)c2)CC1. The lowest BCUT2D eigenvalue weighted by atomic mass is 9.93. The van der Waals surface area contributed by atoms with Gasteiger partial charge < -0.3 is 14.7 Å². The van der Waals surface area contributed by atoms with E-state index in [1.54, 1.807) is 31.2 Å². The van der Waals surface area contributed by atoms with Crippen LogP contribution < -0.4 is 0 Å². The fraction of sp³-hybridized carbons (Fsp3) is 0.429. The molecule has 5 rings (SSSR count). The topological polar surface area (TPSA) is 76.6 Å². The van der Waals surface area contributed by atoms with Crippen LogP contribution in [0, 0.1) is 5.82 Å². The molecule has 3 aromatic rings. The summed E-state index contributed by atoms with van der Waals surface area (Å²) < 4.78 is 18.9. The molecule has 3 aromatic carbocycles. The maximum atomic E-state index is 13.8. The third-order valence-electron chi connectivity index (χ3n) is 8.56. The van der Waals surface area contributed by atoms with Crippen LogP contribution in [-0.2, 0) is 16.1 Å². The van der Waals surface area contributed by atoms with E-state index in [0.717, 1.165) is 49.3 Å². The van der Waals surface area contributed by atoms with Gasteiger partial charge in [-0.2, -0.15) is 0 Å². The number of amides is 1. The highest BCUT2D eigenvalue weighted by Crippen LogP contribution is 2.34. The molecule has 2 aliphatic rings. The van der Waals surface area contributed by atoms with E-state index in [4.69, 9.17) is 4.74 Å². The van der Waals surface area contributed by atoms with Crippen LogP contribution in [0.25, 0.3) is 0 Å². The summed E-state index contributed by atoms with van der Waals surface area (Å²) in [6.45, 7) is 10.2. The van der Waals surface area contributed by atoms with E-state index in [1.807, 2.05) is 41.3 Å². The number of hydrogen-bond donors (Lipinski definition) is 1. The van der Waals surface area contributed by atoms with Crippen LogP contribution in [-0.4, -0.2) is 102 Å². The molecule has 9 heteroatoms. The van der Waals surface area contributed by atoms with Crippen molar-refractivity contribution in [1.29, 1.82) is 0 Å². The van der Waals surface area contributed by atoms with E-state index in [-0.39, 0.29) is 42.1 Å². The number of carbonyl (C=O) groups excluding carboxylic acids is 2. The summed E-state index contributed by atoms with van der Waals surface area (Å²) in [5.41, 5.74) is 3.54. The van der Waals surface area contributed by atoms with Gasteiger partial charge in [-0.1, -0.05) is 36.4 Å². The summed E-state index contributed by atoms with van der Waals surface area (Å²) in [4.78, 5) is 34.4. The van der Waals surface area contributed by atoms with E-state index in [9.17, 15) is 19.1 Å². The first-order valence-corrected chi connectivity index (χ1v) is 15.6. The number of esters is 1. The van der Waals surface area contributed by atoms with Gasteiger partial charge >= 0.3 is 5.97 Å². The van der Waals surface area contributed by atoms with Crippen LogP contribution in [0.5, 0.6) is 5.75 Å². The molecule has 2 aliphatic heterocycles. The Hall–Kier alpha value is -3.79. The van der Waals surface area contributed by atoms with Gasteiger partial charge in [-0.25, -0.2) is 4.39 Å². The number of ether oxygens (including phenoxy) is 1. The molecule has 2 fully saturated rings. The number of halogens is 1. The number of phenolic OH excluding ortho intramolecular Hbond substituents is 1. The highest BCUT2D eigenvalue weighted by Gasteiger charge is 2.32. The lowest BCUT2D eigenvalue weighted by Crippen LogP contribution is -2.52. The van der Waals surface area contributed by atoms with Crippen molar-refractivity contribution in [3.63, 3.8) is 0 Å². The van der Waals surface area contributed by atoms with E-state index >= 15 is 0 Å². The van der Waals surface area contributed by atoms with Crippen LogP contribution in [0.3, 0.4) is 0 Å². The minimum absolute atomic E-state index is 0.0209. The van der Waals surface area contributed by atoms with Crippen molar-refractivity contribution in [3.05, 3.63) is 101 Å². The zero-order valence-electron chi connectivity index (χ0n) is 25.7. The van der Waals surface area contributed by atoms with Gasteiger partial charge in [0.05, 0.1) is 19.2 Å². The zero-order chi connectivity index (χ0) is 31.1. The number of nitrogens with zero attached hydrogens (tertiary/aromatic N) is 4. The molecular formula is C35H43FN4O4. The molecule has 2 heterocycles. The second kappa shape index (κ2) is 14.8. The Morgan fingerprint density at radius 2 is 1.66 bits per heavy atom. The van der Waals surface area contributed by atoms with Gasteiger partial charge in [-0.3, -0.25) is 24.3 Å².